The van der Waals surface area contributed by atoms with Crippen molar-refractivity contribution in [3.05, 3.63) is 46.8 Å². The normalized spacial score (nSPS) is 10.3. The van der Waals surface area contributed by atoms with Crippen LogP contribution in [0.4, 0.5) is 5.69 Å². The molecular formula is C17H22N2O2. The number of anilines is 1. The molecule has 0 fully saturated rings. The van der Waals surface area contributed by atoms with E-state index in [1.165, 1.54) is 0 Å². The van der Waals surface area contributed by atoms with E-state index in [1.54, 1.807) is 14.2 Å². The number of nitrogens with one attached hydrogen (secondary N) is 1. The van der Waals surface area contributed by atoms with Gasteiger partial charge in [0, 0.05) is 23.0 Å². The van der Waals surface area contributed by atoms with Gasteiger partial charge in [-0.3, -0.25) is 4.98 Å². The number of benzene rings is 1. The number of aromatic nitrogens is 1. The first-order valence-corrected chi connectivity index (χ1v) is 6.94. The van der Waals surface area contributed by atoms with Crippen LogP contribution in [-0.4, -0.2) is 19.2 Å². The van der Waals surface area contributed by atoms with Gasteiger partial charge in [0.2, 0.25) is 0 Å². The van der Waals surface area contributed by atoms with E-state index in [0.717, 1.165) is 39.6 Å². The zero-order valence-electron chi connectivity index (χ0n) is 13.3. The summed E-state index contributed by atoms with van der Waals surface area (Å²) in [4.78, 5) is 4.49. The molecule has 1 N–H and O–H groups in total. The molecule has 0 spiro atoms. The van der Waals surface area contributed by atoms with Crippen molar-refractivity contribution in [1.29, 1.82) is 0 Å². The van der Waals surface area contributed by atoms with Gasteiger partial charge in [0.1, 0.15) is 11.5 Å². The van der Waals surface area contributed by atoms with E-state index in [9.17, 15) is 0 Å². The molecular weight excluding hydrogens is 264 g/mol. The van der Waals surface area contributed by atoms with Crippen LogP contribution in [0.2, 0.25) is 0 Å². The number of hydrogen-bond acceptors (Lipinski definition) is 4. The maximum Gasteiger partial charge on any atom is 0.128 e. The Kier molecular flexibility index (Phi) is 4.68. The minimum absolute atomic E-state index is 0.661. The molecule has 1 aromatic heterocycles. The van der Waals surface area contributed by atoms with Gasteiger partial charge < -0.3 is 14.8 Å². The summed E-state index contributed by atoms with van der Waals surface area (Å²) < 4.78 is 10.7. The monoisotopic (exact) mass is 286 g/mol. The topological polar surface area (TPSA) is 43.4 Å². The first kappa shape index (κ1) is 15.2. The molecule has 0 radical (unpaired) electrons. The largest absolute Gasteiger partial charge is 0.496 e. The fourth-order valence-corrected chi connectivity index (χ4v) is 2.42. The molecule has 0 amide bonds. The molecule has 4 heteroatoms. The Morgan fingerprint density at radius 1 is 1.05 bits per heavy atom. The molecule has 1 aromatic carbocycles. The maximum atomic E-state index is 5.43. The van der Waals surface area contributed by atoms with Gasteiger partial charge in [-0.05, 0) is 44.5 Å². The first-order valence-electron chi connectivity index (χ1n) is 6.94. The Bertz CT molecular complexity index is 639. The van der Waals surface area contributed by atoms with Crippen molar-refractivity contribution in [2.24, 2.45) is 0 Å². The van der Waals surface area contributed by atoms with E-state index in [1.807, 2.05) is 39.1 Å². The third-order valence-electron chi connectivity index (χ3n) is 3.60. The number of aryl methyl sites for hydroxylation is 2. The number of hydrogen-bond donors (Lipinski definition) is 1. The van der Waals surface area contributed by atoms with Gasteiger partial charge in [-0.1, -0.05) is 0 Å². The number of ether oxygens (including phenoxy) is 2. The molecule has 2 rings (SSSR count). The second-order valence-electron chi connectivity index (χ2n) is 5.08. The SMILES string of the molecule is COc1ccc(NCc2ncc(C)c(OC)c2C)cc1C. The van der Waals surface area contributed by atoms with Gasteiger partial charge in [0.15, 0.2) is 0 Å². The number of pyridine rings is 1. The van der Waals surface area contributed by atoms with Crippen molar-refractivity contribution < 1.29 is 9.47 Å². The predicted octanol–water partition coefficient (Wildman–Crippen LogP) is 3.64. The zero-order valence-corrected chi connectivity index (χ0v) is 13.3. The molecule has 0 bridgehead atoms. The summed E-state index contributed by atoms with van der Waals surface area (Å²) in [6.45, 7) is 6.73. The Morgan fingerprint density at radius 2 is 1.81 bits per heavy atom. The standard InChI is InChI=1S/C17H22N2O2/c1-11-8-14(6-7-16(11)20-4)18-10-15-13(3)17(21-5)12(2)9-19-15/h6-9,18H,10H2,1-5H3. The summed E-state index contributed by atoms with van der Waals surface area (Å²) in [7, 11) is 3.38. The van der Waals surface area contributed by atoms with Crippen LogP contribution in [0.3, 0.4) is 0 Å². The maximum absolute atomic E-state index is 5.43. The molecule has 0 saturated heterocycles. The van der Waals surface area contributed by atoms with Crippen molar-refractivity contribution >= 4 is 5.69 Å². The number of rotatable bonds is 5. The van der Waals surface area contributed by atoms with E-state index in [0.29, 0.717) is 6.54 Å². The van der Waals surface area contributed by atoms with Crippen LogP contribution in [0.5, 0.6) is 11.5 Å². The van der Waals surface area contributed by atoms with Crippen LogP contribution < -0.4 is 14.8 Å². The fraction of sp³-hybridized carbons (Fsp3) is 0.353. The molecule has 0 unspecified atom stereocenters. The summed E-state index contributed by atoms with van der Waals surface area (Å²) in [5.41, 5.74) is 5.28. The Labute approximate surface area is 126 Å². The molecule has 0 aliphatic rings. The lowest BCUT2D eigenvalue weighted by molar-refractivity contribution is 0.407. The summed E-state index contributed by atoms with van der Waals surface area (Å²) >= 11 is 0. The van der Waals surface area contributed by atoms with Crippen molar-refractivity contribution in [1.82, 2.24) is 4.98 Å². The van der Waals surface area contributed by atoms with Crippen molar-refractivity contribution in [2.75, 3.05) is 19.5 Å². The molecule has 0 atom stereocenters. The summed E-state index contributed by atoms with van der Waals surface area (Å²) in [5, 5.41) is 3.39. The minimum atomic E-state index is 0.661. The zero-order chi connectivity index (χ0) is 15.4. The average Bonchev–Trinajstić information content (AvgIpc) is 2.47. The predicted molar refractivity (Wildman–Crippen MR) is 85.3 cm³/mol. The second-order valence-corrected chi connectivity index (χ2v) is 5.08. The van der Waals surface area contributed by atoms with Gasteiger partial charge in [-0.15, -0.1) is 0 Å². The van der Waals surface area contributed by atoms with Gasteiger partial charge in [0.25, 0.3) is 0 Å². The molecule has 2 aromatic rings. The van der Waals surface area contributed by atoms with Gasteiger partial charge in [-0.25, -0.2) is 0 Å². The molecule has 4 nitrogen and oxygen atoms in total. The van der Waals surface area contributed by atoms with Crippen LogP contribution in [0.15, 0.2) is 24.4 Å². The Balaban J connectivity index is 2.15. The van der Waals surface area contributed by atoms with E-state index < -0.39 is 0 Å². The van der Waals surface area contributed by atoms with Crippen LogP contribution >= 0.6 is 0 Å². The number of nitrogens with zero attached hydrogens (tertiary/aromatic N) is 1. The lowest BCUT2D eigenvalue weighted by Crippen LogP contribution is -2.06. The fourth-order valence-electron chi connectivity index (χ4n) is 2.42. The smallest absolute Gasteiger partial charge is 0.128 e. The highest BCUT2D eigenvalue weighted by Crippen LogP contribution is 2.25. The molecule has 0 saturated carbocycles. The second kappa shape index (κ2) is 6.48. The van der Waals surface area contributed by atoms with Crippen LogP contribution in [0.25, 0.3) is 0 Å². The highest BCUT2D eigenvalue weighted by molar-refractivity contribution is 5.51. The quantitative estimate of drug-likeness (QED) is 0.911. The highest BCUT2D eigenvalue weighted by Gasteiger charge is 2.09. The molecule has 21 heavy (non-hydrogen) atoms. The molecule has 1 heterocycles. The first-order chi connectivity index (χ1) is 10.1. The van der Waals surface area contributed by atoms with Crippen molar-refractivity contribution in [3.8, 4) is 11.5 Å². The highest BCUT2D eigenvalue weighted by atomic mass is 16.5. The van der Waals surface area contributed by atoms with Gasteiger partial charge in [0.05, 0.1) is 26.5 Å². The van der Waals surface area contributed by atoms with E-state index >= 15 is 0 Å². The summed E-state index contributed by atoms with van der Waals surface area (Å²) in [6.07, 6.45) is 1.85. The Morgan fingerprint density at radius 3 is 2.43 bits per heavy atom. The van der Waals surface area contributed by atoms with Crippen molar-refractivity contribution in [2.45, 2.75) is 27.3 Å². The lowest BCUT2D eigenvalue weighted by atomic mass is 10.1. The molecule has 0 aliphatic carbocycles. The van der Waals surface area contributed by atoms with Gasteiger partial charge in [-0.2, -0.15) is 0 Å². The Hall–Kier alpha value is -2.23. The third-order valence-corrected chi connectivity index (χ3v) is 3.60. The van der Waals surface area contributed by atoms with Crippen LogP contribution in [0.1, 0.15) is 22.4 Å². The van der Waals surface area contributed by atoms with E-state index in [2.05, 4.69) is 16.4 Å². The average molecular weight is 286 g/mol. The summed E-state index contributed by atoms with van der Waals surface area (Å²) in [6, 6.07) is 6.04. The van der Waals surface area contributed by atoms with Crippen LogP contribution in [-0.2, 0) is 6.54 Å². The third kappa shape index (κ3) is 3.27. The summed E-state index contributed by atoms with van der Waals surface area (Å²) in [5.74, 6) is 1.81. The van der Waals surface area contributed by atoms with E-state index in [4.69, 9.17) is 9.47 Å². The molecule has 0 aliphatic heterocycles. The number of methoxy groups -OCH3 is 2. The molecule has 112 valence electrons. The van der Waals surface area contributed by atoms with Crippen molar-refractivity contribution in [3.63, 3.8) is 0 Å². The van der Waals surface area contributed by atoms with E-state index in [-0.39, 0.29) is 0 Å². The van der Waals surface area contributed by atoms with Crippen LogP contribution in [0, 0.1) is 20.8 Å². The minimum Gasteiger partial charge on any atom is -0.496 e. The lowest BCUT2D eigenvalue weighted by Gasteiger charge is -2.14. The van der Waals surface area contributed by atoms with Gasteiger partial charge >= 0.3 is 0 Å².